The minimum atomic E-state index is -0.549. The number of hydrogen-bond acceptors (Lipinski definition) is 4. The van der Waals surface area contributed by atoms with Gasteiger partial charge in [0.05, 0.1) is 11.4 Å². The molecule has 0 spiro atoms. The van der Waals surface area contributed by atoms with Gasteiger partial charge in [-0.3, -0.25) is 14.4 Å². The molecule has 1 heterocycles. The van der Waals surface area contributed by atoms with E-state index in [4.69, 9.17) is 5.73 Å². The van der Waals surface area contributed by atoms with E-state index in [-0.39, 0.29) is 11.8 Å². The van der Waals surface area contributed by atoms with Crippen molar-refractivity contribution in [2.24, 2.45) is 5.73 Å². The van der Waals surface area contributed by atoms with Crippen molar-refractivity contribution in [1.29, 1.82) is 0 Å². The molecule has 0 aliphatic carbocycles. The number of anilines is 3. The van der Waals surface area contributed by atoms with Crippen LogP contribution in [0.5, 0.6) is 0 Å². The first-order chi connectivity index (χ1) is 15.5. The summed E-state index contributed by atoms with van der Waals surface area (Å²) in [6, 6.07) is 20.7. The number of benzene rings is 3. The number of hydrogen-bond donors (Lipinski definition) is 3. The maximum atomic E-state index is 12.9. The summed E-state index contributed by atoms with van der Waals surface area (Å²) in [6.45, 7) is 1.79. The number of primary amides is 1. The Bertz CT molecular complexity index is 1140. The number of nitrogens with two attached hydrogens (primary N) is 1. The van der Waals surface area contributed by atoms with Gasteiger partial charge >= 0.3 is 0 Å². The van der Waals surface area contributed by atoms with Gasteiger partial charge in [0, 0.05) is 35.5 Å². The molecular weight excluding hydrogens is 404 g/mol. The maximum Gasteiger partial charge on any atom is 0.255 e. The molecule has 0 atom stereocenters. The van der Waals surface area contributed by atoms with E-state index < -0.39 is 5.91 Å². The lowest BCUT2D eigenvalue weighted by molar-refractivity contribution is 0.0995. The first-order valence-electron chi connectivity index (χ1n) is 10.5. The fourth-order valence-corrected chi connectivity index (χ4v) is 3.72. The Kier molecular flexibility index (Phi) is 6.17. The van der Waals surface area contributed by atoms with Crippen molar-refractivity contribution in [3.63, 3.8) is 0 Å². The van der Waals surface area contributed by atoms with Crippen LogP contribution in [0.15, 0.2) is 72.8 Å². The van der Waals surface area contributed by atoms with Crippen LogP contribution in [0.25, 0.3) is 0 Å². The van der Waals surface area contributed by atoms with E-state index in [0.29, 0.717) is 28.1 Å². The second-order valence-electron chi connectivity index (χ2n) is 7.64. The van der Waals surface area contributed by atoms with Gasteiger partial charge in [-0.05, 0) is 67.4 Å². The topological polar surface area (TPSA) is 105 Å². The van der Waals surface area contributed by atoms with Gasteiger partial charge in [0.25, 0.3) is 11.8 Å². The Balaban J connectivity index is 1.49. The second-order valence-corrected chi connectivity index (χ2v) is 7.64. The molecule has 162 valence electrons. The highest BCUT2D eigenvalue weighted by Crippen LogP contribution is 2.30. The zero-order valence-electron chi connectivity index (χ0n) is 17.5. The summed E-state index contributed by atoms with van der Waals surface area (Å²) in [5.41, 5.74) is 8.75. The van der Waals surface area contributed by atoms with Crippen molar-refractivity contribution in [1.82, 2.24) is 0 Å². The van der Waals surface area contributed by atoms with Crippen molar-refractivity contribution in [2.75, 3.05) is 28.6 Å². The van der Waals surface area contributed by atoms with Crippen LogP contribution in [0.4, 0.5) is 17.1 Å². The van der Waals surface area contributed by atoms with E-state index in [9.17, 15) is 14.4 Å². The third kappa shape index (κ3) is 4.78. The minimum Gasteiger partial charge on any atom is -0.370 e. The highest BCUT2D eigenvalue weighted by molar-refractivity contribution is 6.08. The molecule has 0 bridgehead atoms. The highest BCUT2D eigenvalue weighted by Gasteiger charge is 2.19. The summed E-state index contributed by atoms with van der Waals surface area (Å²) in [5, 5.41) is 5.72. The van der Waals surface area contributed by atoms with Gasteiger partial charge in [-0.15, -0.1) is 0 Å². The van der Waals surface area contributed by atoms with Crippen LogP contribution < -0.4 is 21.3 Å². The largest absolute Gasteiger partial charge is 0.370 e. The summed E-state index contributed by atoms with van der Waals surface area (Å²) < 4.78 is 0. The lowest BCUT2D eigenvalue weighted by Crippen LogP contribution is -2.22. The predicted molar refractivity (Wildman–Crippen MR) is 125 cm³/mol. The second kappa shape index (κ2) is 9.34. The Morgan fingerprint density at radius 1 is 0.719 bits per heavy atom. The molecule has 1 aliphatic rings. The first-order valence-corrected chi connectivity index (χ1v) is 10.5. The van der Waals surface area contributed by atoms with Crippen molar-refractivity contribution in [3.05, 3.63) is 89.5 Å². The Morgan fingerprint density at radius 2 is 1.31 bits per heavy atom. The summed E-state index contributed by atoms with van der Waals surface area (Å²) in [4.78, 5) is 39.0. The quantitative estimate of drug-likeness (QED) is 0.554. The normalized spacial score (nSPS) is 12.9. The smallest absolute Gasteiger partial charge is 0.255 e. The molecule has 1 fully saturated rings. The average Bonchev–Trinajstić information content (AvgIpc) is 3.34. The van der Waals surface area contributed by atoms with Gasteiger partial charge in [-0.25, -0.2) is 0 Å². The molecule has 3 aromatic rings. The van der Waals surface area contributed by atoms with Crippen LogP contribution in [-0.2, 0) is 0 Å². The number of carbonyl (C=O) groups is 3. The lowest BCUT2D eigenvalue weighted by Gasteiger charge is -2.22. The van der Waals surface area contributed by atoms with E-state index in [2.05, 4.69) is 15.5 Å². The van der Waals surface area contributed by atoms with Crippen molar-refractivity contribution >= 4 is 34.8 Å². The molecule has 3 aromatic carbocycles. The van der Waals surface area contributed by atoms with Crippen LogP contribution in [-0.4, -0.2) is 30.8 Å². The van der Waals surface area contributed by atoms with Gasteiger partial charge in [0.15, 0.2) is 0 Å². The van der Waals surface area contributed by atoms with Crippen LogP contribution in [0.2, 0.25) is 0 Å². The van der Waals surface area contributed by atoms with Gasteiger partial charge in [-0.2, -0.15) is 0 Å². The monoisotopic (exact) mass is 428 g/mol. The molecule has 0 saturated carbocycles. The predicted octanol–water partition coefficient (Wildman–Crippen LogP) is 3.89. The molecule has 4 N–H and O–H groups in total. The van der Waals surface area contributed by atoms with Crippen molar-refractivity contribution in [3.8, 4) is 0 Å². The number of nitrogens with zero attached hydrogens (tertiary/aromatic N) is 1. The molecule has 4 rings (SSSR count). The van der Waals surface area contributed by atoms with Gasteiger partial charge in [-0.1, -0.05) is 18.2 Å². The molecule has 3 amide bonds. The van der Waals surface area contributed by atoms with Crippen LogP contribution in [0.1, 0.15) is 43.9 Å². The summed E-state index contributed by atoms with van der Waals surface area (Å²) in [5.74, 6) is -1.08. The molecule has 7 heteroatoms. The van der Waals surface area contributed by atoms with Crippen LogP contribution in [0, 0.1) is 0 Å². The molecule has 0 unspecified atom stereocenters. The average molecular weight is 428 g/mol. The summed E-state index contributed by atoms with van der Waals surface area (Å²) >= 11 is 0. The van der Waals surface area contributed by atoms with E-state index in [1.165, 1.54) is 0 Å². The SMILES string of the molecule is NC(=O)c1ccc(N2CCCC2)c(NC(=O)c2ccc(NC(=O)c3ccccc3)cc2)c1. The van der Waals surface area contributed by atoms with Crippen LogP contribution >= 0.6 is 0 Å². The minimum absolute atomic E-state index is 0.221. The van der Waals surface area contributed by atoms with E-state index in [1.54, 1.807) is 60.7 Å². The van der Waals surface area contributed by atoms with E-state index >= 15 is 0 Å². The summed E-state index contributed by atoms with van der Waals surface area (Å²) in [7, 11) is 0. The number of rotatable bonds is 6. The fourth-order valence-electron chi connectivity index (χ4n) is 3.72. The number of amides is 3. The number of carbonyl (C=O) groups excluding carboxylic acids is 3. The van der Waals surface area contributed by atoms with Gasteiger partial charge in [0.2, 0.25) is 5.91 Å². The van der Waals surface area contributed by atoms with Gasteiger partial charge in [0.1, 0.15) is 0 Å². The Labute approximate surface area is 186 Å². The zero-order chi connectivity index (χ0) is 22.5. The van der Waals surface area contributed by atoms with E-state index in [0.717, 1.165) is 31.6 Å². The highest BCUT2D eigenvalue weighted by atomic mass is 16.2. The maximum absolute atomic E-state index is 12.9. The molecule has 0 aromatic heterocycles. The Hall–Kier alpha value is -4.13. The van der Waals surface area contributed by atoms with E-state index in [1.807, 2.05) is 12.1 Å². The molecule has 1 saturated heterocycles. The zero-order valence-corrected chi connectivity index (χ0v) is 17.5. The standard InChI is InChI=1S/C25H24N4O3/c26-23(30)19-10-13-22(29-14-4-5-15-29)21(16-19)28-25(32)18-8-11-20(12-9-18)27-24(31)17-6-2-1-3-7-17/h1-3,6-13,16H,4-5,14-15H2,(H2,26,30)(H,27,31)(H,28,32). The van der Waals surface area contributed by atoms with Crippen molar-refractivity contribution in [2.45, 2.75) is 12.8 Å². The third-order valence-corrected chi connectivity index (χ3v) is 5.42. The lowest BCUT2D eigenvalue weighted by atomic mass is 10.1. The molecule has 1 aliphatic heterocycles. The molecule has 7 nitrogen and oxygen atoms in total. The molecule has 0 radical (unpaired) electrons. The fraction of sp³-hybridized carbons (Fsp3) is 0.160. The molecular formula is C25H24N4O3. The van der Waals surface area contributed by atoms with Gasteiger partial charge < -0.3 is 21.3 Å². The van der Waals surface area contributed by atoms with Crippen molar-refractivity contribution < 1.29 is 14.4 Å². The molecule has 32 heavy (non-hydrogen) atoms. The third-order valence-electron chi connectivity index (χ3n) is 5.42. The Morgan fingerprint density at radius 3 is 1.97 bits per heavy atom. The first kappa shape index (κ1) is 21.1. The summed E-state index contributed by atoms with van der Waals surface area (Å²) in [6.07, 6.45) is 2.17. The van der Waals surface area contributed by atoms with Crippen LogP contribution in [0.3, 0.4) is 0 Å². The number of nitrogens with one attached hydrogen (secondary N) is 2.